The average Bonchev–Trinajstić information content (AvgIpc) is 2.38. The lowest BCUT2D eigenvalue weighted by Crippen LogP contribution is -2.41. The Kier molecular flexibility index (Phi) is 3.76. The van der Waals surface area contributed by atoms with Crippen LogP contribution >= 0.6 is 0 Å². The molecule has 1 unspecified atom stereocenters. The molecule has 1 N–H and O–H groups in total. The Morgan fingerprint density at radius 1 is 1.56 bits per heavy atom. The Morgan fingerprint density at radius 2 is 2.50 bits per heavy atom. The van der Waals surface area contributed by atoms with Gasteiger partial charge in [0, 0.05) is 13.1 Å². The van der Waals surface area contributed by atoms with Crippen LogP contribution in [0.5, 0.6) is 5.75 Å². The predicted octanol–water partition coefficient (Wildman–Crippen LogP) is 0.925. The molecule has 1 heterocycles. The van der Waals surface area contributed by atoms with Crippen molar-refractivity contribution in [2.24, 2.45) is 0 Å². The number of morpholine rings is 1. The fraction of sp³-hybridized carbons (Fsp3) is 0.417. The highest BCUT2D eigenvalue weighted by atomic mass is 16.5. The van der Waals surface area contributed by atoms with Gasteiger partial charge in [-0.15, -0.1) is 0 Å². The molecule has 1 aromatic carbocycles. The summed E-state index contributed by atoms with van der Waals surface area (Å²) in [6, 6.07) is 9.23. The average molecular weight is 218 g/mol. The third-order valence-electron chi connectivity index (χ3n) is 2.40. The van der Waals surface area contributed by atoms with E-state index >= 15 is 0 Å². The van der Waals surface area contributed by atoms with E-state index in [-0.39, 0.29) is 6.10 Å². The largest absolute Gasteiger partial charge is 0.491 e. The van der Waals surface area contributed by atoms with Crippen LogP contribution in [0.25, 0.3) is 0 Å². The van der Waals surface area contributed by atoms with Gasteiger partial charge in [0.2, 0.25) is 0 Å². The number of nitriles is 1. The summed E-state index contributed by atoms with van der Waals surface area (Å²) >= 11 is 0. The second kappa shape index (κ2) is 5.50. The molecule has 1 fully saturated rings. The molecule has 0 spiro atoms. The number of rotatable bonds is 3. The summed E-state index contributed by atoms with van der Waals surface area (Å²) in [4.78, 5) is 0. The van der Waals surface area contributed by atoms with E-state index in [9.17, 15) is 0 Å². The molecule has 0 saturated carbocycles. The van der Waals surface area contributed by atoms with Gasteiger partial charge in [0.25, 0.3) is 0 Å². The molecule has 1 aromatic rings. The van der Waals surface area contributed by atoms with Gasteiger partial charge in [0.1, 0.15) is 18.5 Å². The Labute approximate surface area is 94.8 Å². The predicted molar refractivity (Wildman–Crippen MR) is 59.3 cm³/mol. The van der Waals surface area contributed by atoms with Crippen molar-refractivity contribution < 1.29 is 9.47 Å². The summed E-state index contributed by atoms with van der Waals surface area (Å²) in [6.07, 6.45) is 0.0968. The topological polar surface area (TPSA) is 54.3 Å². The van der Waals surface area contributed by atoms with Crippen molar-refractivity contribution in [1.82, 2.24) is 5.32 Å². The molecule has 4 heteroatoms. The first-order valence-corrected chi connectivity index (χ1v) is 5.34. The summed E-state index contributed by atoms with van der Waals surface area (Å²) < 4.78 is 11.1. The maximum absolute atomic E-state index is 8.74. The second-order valence-electron chi connectivity index (χ2n) is 3.65. The fourth-order valence-electron chi connectivity index (χ4n) is 1.57. The minimum Gasteiger partial charge on any atom is -0.491 e. The molecule has 0 bridgehead atoms. The molecule has 1 aliphatic heterocycles. The van der Waals surface area contributed by atoms with Crippen molar-refractivity contribution in [3.8, 4) is 11.8 Å². The zero-order valence-electron chi connectivity index (χ0n) is 8.98. The summed E-state index contributed by atoms with van der Waals surface area (Å²) in [5.74, 6) is 0.716. The molecule has 16 heavy (non-hydrogen) atoms. The second-order valence-corrected chi connectivity index (χ2v) is 3.65. The van der Waals surface area contributed by atoms with Crippen LogP contribution in [0.4, 0.5) is 0 Å². The Bertz CT molecular complexity index is 381. The van der Waals surface area contributed by atoms with E-state index in [2.05, 4.69) is 11.4 Å². The van der Waals surface area contributed by atoms with Crippen LogP contribution in [0.1, 0.15) is 5.56 Å². The van der Waals surface area contributed by atoms with Crippen LogP contribution in [0.2, 0.25) is 0 Å². The van der Waals surface area contributed by atoms with E-state index in [0.29, 0.717) is 17.9 Å². The maximum atomic E-state index is 8.74. The Hall–Kier alpha value is -1.57. The van der Waals surface area contributed by atoms with Crippen LogP contribution in [0.15, 0.2) is 24.3 Å². The molecular formula is C12H14N2O2. The summed E-state index contributed by atoms with van der Waals surface area (Å²) in [5.41, 5.74) is 0.611. The number of hydrogen-bond acceptors (Lipinski definition) is 4. The molecule has 0 radical (unpaired) electrons. The molecule has 2 rings (SSSR count). The number of nitrogens with zero attached hydrogens (tertiary/aromatic N) is 1. The zero-order valence-corrected chi connectivity index (χ0v) is 8.98. The minimum absolute atomic E-state index is 0.0968. The van der Waals surface area contributed by atoms with Gasteiger partial charge in [-0.1, -0.05) is 6.07 Å². The SMILES string of the molecule is N#Cc1cccc(OCC2CNCCO2)c1. The summed E-state index contributed by atoms with van der Waals surface area (Å²) in [6.45, 7) is 2.96. The van der Waals surface area contributed by atoms with Gasteiger partial charge in [0.05, 0.1) is 18.2 Å². The van der Waals surface area contributed by atoms with Crippen molar-refractivity contribution in [2.75, 3.05) is 26.3 Å². The molecule has 1 atom stereocenters. The van der Waals surface area contributed by atoms with Crippen molar-refractivity contribution in [3.63, 3.8) is 0 Å². The standard InChI is InChI=1S/C12H14N2O2/c13-7-10-2-1-3-11(6-10)16-9-12-8-14-4-5-15-12/h1-3,6,12,14H,4-5,8-9H2. The van der Waals surface area contributed by atoms with Gasteiger partial charge < -0.3 is 14.8 Å². The van der Waals surface area contributed by atoms with Crippen molar-refractivity contribution >= 4 is 0 Å². The molecule has 0 amide bonds. The third-order valence-corrected chi connectivity index (χ3v) is 2.40. The van der Waals surface area contributed by atoms with E-state index in [1.54, 1.807) is 12.1 Å². The van der Waals surface area contributed by atoms with E-state index in [1.165, 1.54) is 0 Å². The lowest BCUT2D eigenvalue weighted by atomic mass is 10.2. The quantitative estimate of drug-likeness (QED) is 0.819. The van der Waals surface area contributed by atoms with E-state index in [1.807, 2.05) is 12.1 Å². The molecule has 1 saturated heterocycles. The Balaban J connectivity index is 1.86. The number of ether oxygens (including phenoxy) is 2. The normalized spacial score (nSPS) is 20.1. The van der Waals surface area contributed by atoms with E-state index in [0.717, 1.165) is 19.7 Å². The lowest BCUT2D eigenvalue weighted by molar-refractivity contribution is 0.000191. The van der Waals surface area contributed by atoms with Gasteiger partial charge in [-0.25, -0.2) is 0 Å². The highest BCUT2D eigenvalue weighted by Gasteiger charge is 2.13. The van der Waals surface area contributed by atoms with Crippen molar-refractivity contribution in [1.29, 1.82) is 5.26 Å². The molecule has 0 aromatic heterocycles. The van der Waals surface area contributed by atoms with Crippen LogP contribution in [0.3, 0.4) is 0 Å². The maximum Gasteiger partial charge on any atom is 0.120 e. The first kappa shape index (κ1) is 10.9. The molecule has 1 aliphatic rings. The summed E-state index contributed by atoms with van der Waals surface area (Å²) in [5, 5.41) is 12.0. The lowest BCUT2D eigenvalue weighted by Gasteiger charge is -2.23. The van der Waals surface area contributed by atoms with Crippen molar-refractivity contribution in [3.05, 3.63) is 29.8 Å². The minimum atomic E-state index is 0.0968. The van der Waals surface area contributed by atoms with Gasteiger partial charge >= 0.3 is 0 Å². The zero-order chi connectivity index (χ0) is 11.2. The van der Waals surface area contributed by atoms with E-state index < -0.39 is 0 Å². The number of benzene rings is 1. The number of nitrogens with one attached hydrogen (secondary N) is 1. The van der Waals surface area contributed by atoms with Crippen LogP contribution in [0, 0.1) is 11.3 Å². The van der Waals surface area contributed by atoms with Crippen LogP contribution in [-0.2, 0) is 4.74 Å². The van der Waals surface area contributed by atoms with Gasteiger partial charge in [-0.3, -0.25) is 0 Å². The van der Waals surface area contributed by atoms with Gasteiger partial charge in [0.15, 0.2) is 0 Å². The van der Waals surface area contributed by atoms with Crippen LogP contribution in [-0.4, -0.2) is 32.4 Å². The highest BCUT2D eigenvalue weighted by Crippen LogP contribution is 2.13. The highest BCUT2D eigenvalue weighted by molar-refractivity contribution is 5.36. The number of hydrogen-bond donors (Lipinski definition) is 1. The smallest absolute Gasteiger partial charge is 0.120 e. The van der Waals surface area contributed by atoms with Crippen LogP contribution < -0.4 is 10.1 Å². The molecule has 84 valence electrons. The van der Waals surface area contributed by atoms with Gasteiger partial charge in [-0.2, -0.15) is 5.26 Å². The fourth-order valence-corrected chi connectivity index (χ4v) is 1.57. The van der Waals surface area contributed by atoms with E-state index in [4.69, 9.17) is 14.7 Å². The molecule has 4 nitrogen and oxygen atoms in total. The Morgan fingerprint density at radius 3 is 3.25 bits per heavy atom. The molecular weight excluding hydrogens is 204 g/mol. The van der Waals surface area contributed by atoms with Crippen molar-refractivity contribution in [2.45, 2.75) is 6.10 Å². The first-order chi connectivity index (χ1) is 7.88. The first-order valence-electron chi connectivity index (χ1n) is 5.34. The monoisotopic (exact) mass is 218 g/mol. The third kappa shape index (κ3) is 2.96. The summed E-state index contributed by atoms with van der Waals surface area (Å²) in [7, 11) is 0. The molecule has 0 aliphatic carbocycles. The van der Waals surface area contributed by atoms with Gasteiger partial charge in [-0.05, 0) is 18.2 Å².